The highest BCUT2D eigenvalue weighted by Gasteiger charge is 2.28. The van der Waals surface area contributed by atoms with E-state index in [9.17, 15) is 13.2 Å². The lowest BCUT2D eigenvalue weighted by atomic mass is 10.1. The van der Waals surface area contributed by atoms with E-state index in [-0.39, 0.29) is 30.0 Å². The number of hydrogen-bond acceptors (Lipinski definition) is 4. The SMILES string of the molecule is CCc1ccc(NCC(=O)N[C@H]2CCS(=O)(=O)C2)cc1. The number of hydrogen-bond donors (Lipinski definition) is 2. The molecule has 110 valence electrons. The molecule has 0 aromatic heterocycles. The number of carbonyl (C=O) groups is 1. The summed E-state index contributed by atoms with van der Waals surface area (Å²) in [6, 6.07) is 7.67. The maximum atomic E-state index is 11.7. The molecule has 0 aliphatic carbocycles. The van der Waals surface area contributed by atoms with E-state index in [1.54, 1.807) is 0 Å². The van der Waals surface area contributed by atoms with Crippen molar-refractivity contribution >= 4 is 21.4 Å². The number of aryl methyl sites for hydroxylation is 1. The lowest BCUT2D eigenvalue weighted by Crippen LogP contribution is -2.39. The zero-order valence-electron chi connectivity index (χ0n) is 11.6. The third-order valence-electron chi connectivity index (χ3n) is 3.41. The summed E-state index contributed by atoms with van der Waals surface area (Å²) in [6.07, 6.45) is 1.50. The van der Waals surface area contributed by atoms with E-state index in [4.69, 9.17) is 0 Å². The van der Waals surface area contributed by atoms with E-state index in [2.05, 4.69) is 17.6 Å². The third-order valence-corrected chi connectivity index (χ3v) is 5.18. The van der Waals surface area contributed by atoms with Gasteiger partial charge in [0.05, 0.1) is 18.1 Å². The van der Waals surface area contributed by atoms with Gasteiger partial charge in [-0.05, 0) is 30.5 Å². The number of anilines is 1. The molecule has 0 radical (unpaired) electrons. The standard InChI is InChI=1S/C14H20N2O3S/c1-2-11-3-5-12(6-4-11)15-9-14(17)16-13-7-8-20(18,19)10-13/h3-6,13,15H,2,7-10H2,1H3,(H,16,17)/t13-/m0/s1. The first-order chi connectivity index (χ1) is 9.48. The molecule has 5 nitrogen and oxygen atoms in total. The molecule has 1 aromatic carbocycles. The summed E-state index contributed by atoms with van der Waals surface area (Å²) in [7, 11) is -2.95. The molecular weight excluding hydrogens is 276 g/mol. The molecule has 1 aromatic rings. The molecule has 1 atom stereocenters. The molecule has 0 unspecified atom stereocenters. The Morgan fingerprint density at radius 3 is 2.55 bits per heavy atom. The topological polar surface area (TPSA) is 75.3 Å². The van der Waals surface area contributed by atoms with E-state index >= 15 is 0 Å². The van der Waals surface area contributed by atoms with Crippen LogP contribution < -0.4 is 10.6 Å². The first kappa shape index (κ1) is 14.8. The van der Waals surface area contributed by atoms with Crippen molar-refractivity contribution < 1.29 is 13.2 Å². The largest absolute Gasteiger partial charge is 0.376 e. The highest BCUT2D eigenvalue weighted by molar-refractivity contribution is 7.91. The van der Waals surface area contributed by atoms with Crippen LogP contribution in [-0.4, -0.2) is 38.4 Å². The van der Waals surface area contributed by atoms with Gasteiger partial charge >= 0.3 is 0 Å². The van der Waals surface area contributed by atoms with Gasteiger partial charge in [0.2, 0.25) is 5.91 Å². The Bertz CT molecular complexity index is 567. The van der Waals surface area contributed by atoms with Gasteiger partial charge in [-0.25, -0.2) is 8.42 Å². The summed E-state index contributed by atoms with van der Waals surface area (Å²) in [4.78, 5) is 11.7. The lowest BCUT2D eigenvalue weighted by molar-refractivity contribution is -0.119. The smallest absolute Gasteiger partial charge is 0.239 e. The van der Waals surface area contributed by atoms with E-state index < -0.39 is 9.84 Å². The van der Waals surface area contributed by atoms with Crippen LogP contribution in [-0.2, 0) is 21.1 Å². The highest BCUT2D eigenvalue weighted by Crippen LogP contribution is 2.12. The highest BCUT2D eigenvalue weighted by atomic mass is 32.2. The van der Waals surface area contributed by atoms with Crippen LogP contribution in [0.25, 0.3) is 0 Å². The Morgan fingerprint density at radius 1 is 1.30 bits per heavy atom. The molecule has 0 bridgehead atoms. The summed E-state index contributed by atoms with van der Waals surface area (Å²) in [6.45, 7) is 2.24. The van der Waals surface area contributed by atoms with E-state index in [0.29, 0.717) is 6.42 Å². The maximum absolute atomic E-state index is 11.7. The molecule has 0 saturated carbocycles. The van der Waals surface area contributed by atoms with Gasteiger partial charge in [0.25, 0.3) is 0 Å². The monoisotopic (exact) mass is 296 g/mol. The van der Waals surface area contributed by atoms with Crippen LogP contribution in [0.5, 0.6) is 0 Å². The van der Waals surface area contributed by atoms with E-state index in [1.165, 1.54) is 5.56 Å². The molecular formula is C14H20N2O3S. The van der Waals surface area contributed by atoms with Crippen molar-refractivity contribution in [3.63, 3.8) is 0 Å². The molecule has 6 heteroatoms. The fourth-order valence-corrected chi connectivity index (χ4v) is 3.90. The fraction of sp³-hybridized carbons (Fsp3) is 0.500. The molecule has 1 heterocycles. The number of amides is 1. The van der Waals surface area contributed by atoms with Crippen LogP contribution in [0.3, 0.4) is 0 Å². The number of rotatable bonds is 5. The van der Waals surface area contributed by atoms with Gasteiger partial charge in [-0.3, -0.25) is 4.79 Å². The molecule has 2 rings (SSSR count). The molecule has 2 N–H and O–H groups in total. The quantitative estimate of drug-likeness (QED) is 0.849. The number of nitrogens with one attached hydrogen (secondary N) is 2. The Labute approximate surface area is 119 Å². The molecule has 0 spiro atoms. The number of carbonyl (C=O) groups excluding carboxylic acids is 1. The summed E-state index contributed by atoms with van der Waals surface area (Å²) in [5, 5.41) is 5.78. The minimum Gasteiger partial charge on any atom is -0.376 e. The number of sulfone groups is 1. The van der Waals surface area contributed by atoms with Gasteiger partial charge in [-0.15, -0.1) is 0 Å². The predicted molar refractivity (Wildman–Crippen MR) is 79.5 cm³/mol. The fourth-order valence-electron chi connectivity index (χ4n) is 2.23. The first-order valence-corrected chi connectivity index (χ1v) is 8.63. The van der Waals surface area contributed by atoms with Crippen molar-refractivity contribution in [2.24, 2.45) is 0 Å². The molecule has 20 heavy (non-hydrogen) atoms. The molecule has 1 aliphatic heterocycles. The average molecular weight is 296 g/mol. The van der Waals surface area contributed by atoms with Gasteiger partial charge in [0.15, 0.2) is 9.84 Å². The van der Waals surface area contributed by atoms with Gasteiger partial charge in [-0.1, -0.05) is 19.1 Å². The van der Waals surface area contributed by atoms with Crippen LogP contribution in [0.2, 0.25) is 0 Å². The van der Waals surface area contributed by atoms with Crippen LogP contribution in [0.4, 0.5) is 5.69 Å². The zero-order valence-corrected chi connectivity index (χ0v) is 12.4. The Balaban J connectivity index is 1.77. The second-order valence-corrected chi connectivity index (χ2v) is 7.30. The van der Waals surface area contributed by atoms with Crippen molar-refractivity contribution in [3.8, 4) is 0 Å². The third kappa shape index (κ3) is 4.23. The van der Waals surface area contributed by atoms with Crippen LogP contribution in [0, 0.1) is 0 Å². The molecule has 1 aliphatic rings. The Morgan fingerprint density at radius 2 is 2.00 bits per heavy atom. The lowest BCUT2D eigenvalue weighted by Gasteiger charge is -2.12. The average Bonchev–Trinajstić information content (AvgIpc) is 2.76. The summed E-state index contributed by atoms with van der Waals surface area (Å²) in [5.74, 6) is 0.0556. The molecule has 1 amide bonds. The normalized spacial score (nSPS) is 20.6. The first-order valence-electron chi connectivity index (χ1n) is 6.81. The van der Waals surface area contributed by atoms with Crippen molar-refractivity contribution in [1.29, 1.82) is 0 Å². The van der Waals surface area contributed by atoms with Crippen molar-refractivity contribution in [1.82, 2.24) is 5.32 Å². The minimum absolute atomic E-state index is 0.0595. The second-order valence-electron chi connectivity index (χ2n) is 5.07. The van der Waals surface area contributed by atoms with Crippen molar-refractivity contribution in [3.05, 3.63) is 29.8 Å². The van der Waals surface area contributed by atoms with Crippen LogP contribution in [0.1, 0.15) is 18.9 Å². The Kier molecular flexibility index (Phi) is 4.65. The van der Waals surface area contributed by atoms with Gasteiger partial charge in [-0.2, -0.15) is 0 Å². The summed E-state index contributed by atoms with van der Waals surface area (Å²) in [5.41, 5.74) is 2.13. The second kappa shape index (κ2) is 6.26. The van der Waals surface area contributed by atoms with Crippen LogP contribution >= 0.6 is 0 Å². The molecule has 1 fully saturated rings. The predicted octanol–water partition coefficient (Wildman–Crippen LogP) is 0.964. The zero-order chi connectivity index (χ0) is 14.6. The van der Waals surface area contributed by atoms with E-state index in [0.717, 1.165) is 12.1 Å². The van der Waals surface area contributed by atoms with Crippen molar-refractivity contribution in [2.75, 3.05) is 23.4 Å². The van der Waals surface area contributed by atoms with Crippen molar-refractivity contribution in [2.45, 2.75) is 25.8 Å². The maximum Gasteiger partial charge on any atom is 0.239 e. The number of benzene rings is 1. The van der Waals surface area contributed by atoms with E-state index in [1.807, 2.05) is 24.3 Å². The summed E-state index contributed by atoms with van der Waals surface area (Å²) < 4.78 is 22.6. The van der Waals surface area contributed by atoms with Gasteiger partial charge in [0, 0.05) is 11.7 Å². The van der Waals surface area contributed by atoms with Gasteiger partial charge < -0.3 is 10.6 Å². The Hall–Kier alpha value is -1.56. The molecule has 1 saturated heterocycles. The summed E-state index contributed by atoms with van der Waals surface area (Å²) >= 11 is 0. The van der Waals surface area contributed by atoms with Gasteiger partial charge in [0.1, 0.15) is 0 Å². The minimum atomic E-state index is -2.95. The van der Waals surface area contributed by atoms with Crippen LogP contribution in [0.15, 0.2) is 24.3 Å².